The predicted molar refractivity (Wildman–Crippen MR) is 63.5 cm³/mol. The zero-order valence-electron chi connectivity index (χ0n) is 9.27. The Hall–Kier alpha value is -2.16. The maximum absolute atomic E-state index is 13.7. The average molecular weight is 230 g/mol. The molecule has 2 rings (SSSR count). The van der Waals surface area contributed by atoms with E-state index in [9.17, 15) is 9.18 Å². The Morgan fingerprint density at radius 2 is 1.76 bits per heavy atom. The van der Waals surface area contributed by atoms with Crippen molar-refractivity contribution < 1.29 is 14.3 Å². The fourth-order valence-electron chi connectivity index (χ4n) is 1.62. The quantitative estimate of drug-likeness (QED) is 0.857. The molecule has 0 bridgehead atoms. The van der Waals surface area contributed by atoms with Crippen LogP contribution in [0.15, 0.2) is 42.5 Å². The molecule has 2 nitrogen and oxygen atoms in total. The molecule has 0 fully saturated rings. The molecule has 0 unspecified atom stereocenters. The fraction of sp³-hybridized carbons (Fsp3) is 0.0714. The second kappa shape index (κ2) is 4.37. The van der Waals surface area contributed by atoms with E-state index in [1.165, 1.54) is 12.1 Å². The summed E-state index contributed by atoms with van der Waals surface area (Å²) in [5.74, 6) is -1.65. The number of carboxylic acids is 1. The summed E-state index contributed by atoms with van der Waals surface area (Å²) in [5, 5.41) is 8.74. The highest BCUT2D eigenvalue weighted by molar-refractivity contribution is 5.88. The molecule has 0 aliphatic heterocycles. The van der Waals surface area contributed by atoms with E-state index in [1.54, 1.807) is 0 Å². The summed E-state index contributed by atoms with van der Waals surface area (Å²) >= 11 is 0. The van der Waals surface area contributed by atoms with Crippen molar-refractivity contribution in [2.75, 3.05) is 0 Å². The van der Waals surface area contributed by atoms with Crippen LogP contribution in [0.1, 0.15) is 15.9 Å². The second-order valence-electron chi connectivity index (χ2n) is 3.87. The predicted octanol–water partition coefficient (Wildman–Crippen LogP) is 3.50. The van der Waals surface area contributed by atoms with Crippen molar-refractivity contribution in [2.45, 2.75) is 6.92 Å². The van der Waals surface area contributed by atoms with Gasteiger partial charge in [-0.2, -0.15) is 0 Å². The molecule has 86 valence electrons. The van der Waals surface area contributed by atoms with Crippen LogP contribution in [0.25, 0.3) is 11.1 Å². The van der Waals surface area contributed by atoms with E-state index in [0.717, 1.165) is 17.2 Å². The minimum atomic E-state index is -1.13. The highest BCUT2D eigenvalue weighted by Gasteiger charge is 2.09. The second-order valence-corrected chi connectivity index (χ2v) is 3.87. The van der Waals surface area contributed by atoms with Crippen LogP contribution >= 0.6 is 0 Å². The number of aromatic carboxylic acids is 1. The molecule has 17 heavy (non-hydrogen) atoms. The van der Waals surface area contributed by atoms with Gasteiger partial charge in [0.1, 0.15) is 5.82 Å². The Labute approximate surface area is 98.3 Å². The molecule has 0 spiro atoms. The zero-order chi connectivity index (χ0) is 12.4. The standard InChI is InChI=1S/C14H11FO2/c1-9-2-4-10(5-3-9)12-7-6-11(14(16)17)8-13(12)15/h2-8H,1H3,(H,16,17). The zero-order valence-corrected chi connectivity index (χ0v) is 9.27. The Morgan fingerprint density at radius 1 is 1.12 bits per heavy atom. The number of carbonyl (C=O) groups is 1. The highest BCUT2D eigenvalue weighted by atomic mass is 19.1. The Balaban J connectivity index is 2.46. The van der Waals surface area contributed by atoms with Crippen LogP contribution in [-0.4, -0.2) is 11.1 Å². The van der Waals surface area contributed by atoms with Gasteiger partial charge in [0, 0.05) is 5.56 Å². The lowest BCUT2D eigenvalue weighted by Gasteiger charge is -2.05. The third kappa shape index (κ3) is 2.33. The highest BCUT2D eigenvalue weighted by Crippen LogP contribution is 2.23. The molecule has 0 heterocycles. The van der Waals surface area contributed by atoms with Gasteiger partial charge in [0.15, 0.2) is 0 Å². The maximum atomic E-state index is 13.7. The summed E-state index contributed by atoms with van der Waals surface area (Å²) in [4.78, 5) is 10.7. The number of halogens is 1. The van der Waals surface area contributed by atoms with Crippen molar-refractivity contribution in [2.24, 2.45) is 0 Å². The van der Waals surface area contributed by atoms with Gasteiger partial charge >= 0.3 is 5.97 Å². The molecule has 0 aliphatic rings. The van der Waals surface area contributed by atoms with Gasteiger partial charge in [0.05, 0.1) is 5.56 Å². The third-order valence-electron chi connectivity index (χ3n) is 2.58. The summed E-state index contributed by atoms with van der Waals surface area (Å²) < 4.78 is 13.7. The van der Waals surface area contributed by atoms with Crippen molar-refractivity contribution in [1.29, 1.82) is 0 Å². The fourth-order valence-corrected chi connectivity index (χ4v) is 1.62. The number of hydrogen-bond acceptors (Lipinski definition) is 1. The third-order valence-corrected chi connectivity index (χ3v) is 2.58. The van der Waals surface area contributed by atoms with Crippen molar-refractivity contribution in [3.63, 3.8) is 0 Å². The van der Waals surface area contributed by atoms with Crippen molar-refractivity contribution in [1.82, 2.24) is 0 Å². The van der Waals surface area contributed by atoms with Crippen LogP contribution < -0.4 is 0 Å². The van der Waals surface area contributed by atoms with Gasteiger partial charge in [-0.05, 0) is 24.6 Å². The van der Waals surface area contributed by atoms with Crippen molar-refractivity contribution in [3.8, 4) is 11.1 Å². The summed E-state index contributed by atoms with van der Waals surface area (Å²) in [6.45, 7) is 1.95. The van der Waals surface area contributed by atoms with E-state index >= 15 is 0 Å². The topological polar surface area (TPSA) is 37.3 Å². The molecular formula is C14H11FO2. The Morgan fingerprint density at radius 3 is 2.29 bits per heavy atom. The average Bonchev–Trinajstić information content (AvgIpc) is 2.30. The largest absolute Gasteiger partial charge is 0.478 e. The molecule has 0 saturated heterocycles. The molecule has 2 aromatic carbocycles. The maximum Gasteiger partial charge on any atom is 0.335 e. The lowest BCUT2D eigenvalue weighted by Crippen LogP contribution is -1.97. The van der Waals surface area contributed by atoms with Crippen molar-refractivity contribution in [3.05, 3.63) is 59.4 Å². The lowest BCUT2D eigenvalue weighted by molar-refractivity contribution is 0.0696. The minimum Gasteiger partial charge on any atom is -0.478 e. The SMILES string of the molecule is Cc1ccc(-c2ccc(C(=O)O)cc2F)cc1. The number of aryl methyl sites for hydroxylation is 1. The van der Waals surface area contributed by atoms with Crippen molar-refractivity contribution >= 4 is 5.97 Å². The normalized spacial score (nSPS) is 10.2. The van der Waals surface area contributed by atoms with E-state index < -0.39 is 11.8 Å². The van der Waals surface area contributed by atoms with Crippen LogP contribution in [-0.2, 0) is 0 Å². The van der Waals surface area contributed by atoms with Crippen LogP contribution in [0.4, 0.5) is 4.39 Å². The number of hydrogen-bond donors (Lipinski definition) is 1. The molecule has 0 radical (unpaired) electrons. The van der Waals surface area contributed by atoms with Gasteiger partial charge in [0.2, 0.25) is 0 Å². The molecule has 3 heteroatoms. The van der Waals surface area contributed by atoms with Gasteiger partial charge in [0.25, 0.3) is 0 Å². The number of benzene rings is 2. The number of rotatable bonds is 2. The molecule has 0 aromatic heterocycles. The summed E-state index contributed by atoms with van der Waals surface area (Å²) in [6, 6.07) is 11.3. The first-order valence-electron chi connectivity index (χ1n) is 5.18. The smallest absolute Gasteiger partial charge is 0.335 e. The number of carboxylic acid groups (broad SMARTS) is 1. The first-order chi connectivity index (χ1) is 8.08. The minimum absolute atomic E-state index is 0.0432. The van der Waals surface area contributed by atoms with E-state index in [0.29, 0.717) is 5.56 Å². The van der Waals surface area contributed by atoms with E-state index in [4.69, 9.17) is 5.11 Å². The monoisotopic (exact) mass is 230 g/mol. The molecule has 0 atom stereocenters. The molecule has 1 N–H and O–H groups in total. The van der Waals surface area contributed by atoms with Crippen LogP contribution in [0, 0.1) is 12.7 Å². The van der Waals surface area contributed by atoms with Gasteiger partial charge in [-0.15, -0.1) is 0 Å². The van der Waals surface area contributed by atoms with E-state index in [-0.39, 0.29) is 5.56 Å². The first kappa shape index (κ1) is 11.3. The Kier molecular flexibility index (Phi) is 2.91. The molecular weight excluding hydrogens is 219 g/mol. The first-order valence-corrected chi connectivity index (χ1v) is 5.18. The van der Waals surface area contributed by atoms with E-state index in [2.05, 4.69) is 0 Å². The summed E-state index contributed by atoms with van der Waals surface area (Å²) in [7, 11) is 0. The molecule has 2 aromatic rings. The van der Waals surface area contributed by atoms with Gasteiger partial charge in [-0.1, -0.05) is 35.9 Å². The molecule has 0 aliphatic carbocycles. The molecule has 0 saturated carbocycles. The molecule has 0 amide bonds. The van der Waals surface area contributed by atoms with Crippen LogP contribution in [0.3, 0.4) is 0 Å². The lowest BCUT2D eigenvalue weighted by atomic mass is 10.0. The van der Waals surface area contributed by atoms with Crippen LogP contribution in [0.5, 0.6) is 0 Å². The van der Waals surface area contributed by atoms with Gasteiger partial charge in [-0.3, -0.25) is 0 Å². The van der Waals surface area contributed by atoms with Crippen LogP contribution in [0.2, 0.25) is 0 Å². The Bertz CT molecular complexity index is 559. The van der Waals surface area contributed by atoms with Gasteiger partial charge in [-0.25, -0.2) is 9.18 Å². The van der Waals surface area contributed by atoms with E-state index in [1.807, 2.05) is 31.2 Å². The summed E-state index contributed by atoms with van der Waals surface area (Å²) in [5.41, 5.74) is 2.20. The van der Waals surface area contributed by atoms with Gasteiger partial charge < -0.3 is 5.11 Å². The summed E-state index contributed by atoms with van der Waals surface area (Å²) in [6.07, 6.45) is 0.